The molecule has 0 aliphatic heterocycles. The van der Waals surface area contributed by atoms with Gasteiger partial charge in [0.2, 0.25) is 0 Å². The second-order valence-electron chi connectivity index (χ2n) is 8.91. The monoisotopic (exact) mass is 446 g/mol. The van der Waals surface area contributed by atoms with Crippen LogP contribution in [0.1, 0.15) is 59.3 Å². The number of aryl methyl sites for hydroxylation is 1. The highest BCUT2D eigenvalue weighted by Gasteiger charge is 2.29. The number of hydrogen-bond acceptors (Lipinski definition) is 3. The molecule has 1 amide bonds. The topological polar surface area (TPSA) is 43.7 Å². The molecule has 1 aliphatic carbocycles. The summed E-state index contributed by atoms with van der Waals surface area (Å²) in [5.74, 6) is 1.25. The maximum absolute atomic E-state index is 13.9. The van der Waals surface area contributed by atoms with Gasteiger partial charge in [-0.2, -0.15) is 0 Å². The fourth-order valence-electron chi connectivity index (χ4n) is 4.82. The van der Waals surface area contributed by atoms with Crippen LogP contribution < -0.4 is 9.47 Å². The van der Waals surface area contributed by atoms with Gasteiger partial charge in [0.05, 0.1) is 26.3 Å². The summed E-state index contributed by atoms with van der Waals surface area (Å²) in [5.41, 5.74) is 4.25. The minimum absolute atomic E-state index is 0.0182. The third-order valence-electron chi connectivity index (χ3n) is 6.61. The van der Waals surface area contributed by atoms with Crippen molar-refractivity contribution in [3.63, 3.8) is 0 Å². The molecule has 33 heavy (non-hydrogen) atoms. The molecule has 3 aromatic rings. The van der Waals surface area contributed by atoms with E-state index in [4.69, 9.17) is 9.47 Å². The Balaban J connectivity index is 1.63. The van der Waals surface area contributed by atoms with Crippen LogP contribution in [0.4, 0.5) is 0 Å². The predicted octanol–water partition coefficient (Wildman–Crippen LogP) is 5.84. The van der Waals surface area contributed by atoms with E-state index in [0.29, 0.717) is 23.6 Å². The van der Waals surface area contributed by atoms with Gasteiger partial charge in [0, 0.05) is 30.5 Å². The summed E-state index contributed by atoms with van der Waals surface area (Å²) in [7, 11) is 3.22. The Kier molecular flexibility index (Phi) is 7.38. The van der Waals surface area contributed by atoms with E-state index in [9.17, 15) is 4.79 Å². The van der Waals surface area contributed by atoms with Gasteiger partial charge in [-0.05, 0) is 49.6 Å². The number of aromatic nitrogens is 1. The first kappa shape index (κ1) is 23.0. The predicted molar refractivity (Wildman–Crippen MR) is 131 cm³/mol. The van der Waals surface area contributed by atoms with Crippen molar-refractivity contribution in [3.8, 4) is 11.5 Å². The van der Waals surface area contributed by atoms with Crippen molar-refractivity contribution < 1.29 is 14.3 Å². The zero-order chi connectivity index (χ0) is 23.2. The molecule has 1 saturated carbocycles. The van der Waals surface area contributed by atoms with Gasteiger partial charge in [0.25, 0.3) is 5.91 Å². The second-order valence-corrected chi connectivity index (χ2v) is 8.91. The molecule has 2 aromatic carbocycles. The van der Waals surface area contributed by atoms with E-state index in [2.05, 4.69) is 59.0 Å². The Bertz CT molecular complexity index is 1080. The van der Waals surface area contributed by atoms with Crippen molar-refractivity contribution >= 4 is 5.91 Å². The summed E-state index contributed by atoms with van der Waals surface area (Å²) < 4.78 is 13.1. The number of amides is 1. The molecule has 0 unspecified atom stereocenters. The fraction of sp³-hybridized carbons (Fsp3) is 0.393. The highest BCUT2D eigenvalue weighted by atomic mass is 16.5. The molecule has 1 aliphatic rings. The van der Waals surface area contributed by atoms with Crippen LogP contribution in [-0.2, 0) is 13.1 Å². The minimum atomic E-state index is 0.0182. The molecule has 1 heterocycles. The number of rotatable bonds is 8. The third kappa shape index (κ3) is 5.41. The lowest BCUT2D eigenvalue weighted by Crippen LogP contribution is -2.41. The van der Waals surface area contributed by atoms with Gasteiger partial charge in [0.1, 0.15) is 11.5 Å². The normalized spacial score (nSPS) is 14.2. The SMILES string of the molecule is COc1ccc(C(=O)N(Cc2cccn2Cc2cccc(C)c2)C2CCCCC2)c(OC)c1. The van der Waals surface area contributed by atoms with Crippen molar-refractivity contribution in [2.45, 2.75) is 58.2 Å². The molecular weight excluding hydrogens is 412 g/mol. The highest BCUT2D eigenvalue weighted by molar-refractivity contribution is 5.97. The fourth-order valence-corrected chi connectivity index (χ4v) is 4.82. The van der Waals surface area contributed by atoms with E-state index in [1.165, 1.54) is 30.4 Å². The number of methoxy groups -OCH3 is 2. The summed E-state index contributed by atoms with van der Waals surface area (Å²) >= 11 is 0. The maximum atomic E-state index is 13.9. The van der Waals surface area contributed by atoms with Crippen molar-refractivity contribution in [1.82, 2.24) is 9.47 Å². The van der Waals surface area contributed by atoms with Gasteiger partial charge in [0.15, 0.2) is 0 Å². The molecule has 174 valence electrons. The molecule has 4 rings (SSSR count). The number of nitrogens with zero attached hydrogens (tertiary/aromatic N) is 2. The maximum Gasteiger partial charge on any atom is 0.258 e. The number of benzene rings is 2. The zero-order valence-electron chi connectivity index (χ0n) is 19.9. The molecule has 0 radical (unpaired) electrons. The van der Waals surface area contributed by atoms with E-state index in [1.807, 2.05) is 12.1 Å². The average molecular weight is 447 g/mol. The van der Waals surface area contributed by atoms with Crippen LogP contribution in [0.5, 0.6) is 11.5 Å². The Morgan fingerprint density at radius 1 is 1.00 bits per heavy atom. The first-order valence-corrected chi connectivity index (χ1v) is 11.8. The molecule has 5 heteroatoms. The number of carbonyl (C=O) groups excluding carboxylic acids is 1. The van der Waals surface area contributed by atoms with Crippen molar-refractivity contribution in [3.05, 3.63) is 83.2 Å². The van der Waals surface area contributed by atoms with Crippen LogP contribution >= 0.6 is 0 Å². The van der Waals surface area contributed by atoms with Gasteiger partial charge in [-0.1, -0.05) is 49.1 Å². The van der Waals surface area contributed by atoms with Crippen LogP contribution in [0.15, 0.2) is 60.8 Å². The van der Waals surface area contributed by atoms with Crippen molar-refractivity contribution in [1.29, 1.82) is 0 Å². The van der Waals surface area contributed by atoms with E-state index in [1.54, 1.807) is 20.3 Å². The summed E-state index contributed by atoms with van der Waals surface area (Å²) in [4.78, 5) is 15.9. The third-order valence-corrected chi connectivity index (χ3v) is 6.61. The number of carbonyl (C=O) groups is 1. The quantitative estimate of drug-likeness (QED) is 0.437. The molecule has 0 saturated heterocycles. The van der Waals surface area contributed by atoms with Crippen molar-refractivity contribution in [2.24, 2.45) is 0 Å². The zero-order valence-corrected chi connectivity index (χ0v) is 19.9. The van der Waals surface area contributed by atoms with Gasteiger partial charge in [-0.15, -0.1) is 0 Å². The summed E-state index contributed by atoms with van der Waals surface area (Å²) in [5, 5.41) is 0. The molecule has 0 atom stereocenters. The lowest BCUT2D eigenvalue weighted by Gasteiger charge is -2.35. The second kappa shape index (κ2) is 10.6. The van der Waals surface area contributed by atoms with Crippen LogP contribution in [0.2, 0.25) is 0 Å². The standard InChI is InChI=1S/C28H34N2O3/c1-21-9-7-10-22(17-21)19-29-16-8-13-24(29)20-30(23-11-5-4-6-12-23)28(31)26-15-14-25(32-2)18-27(26)33-3/h7-10,13-18,23H,4-6,11-12,19-20H2,1-3H3. The summed E-state index contributed by atoms with van der Waals surface area (Å²) in [6.07, 6.45) is 7.77. The van der Waals surface area contributed by atoms with Crippen molar-refractivity contribution in [2.75, 3.05) is 14.2 Å². The highest BCUT2D eigenvalue weighted by Crippen LogP contribution is 2.30. The van der Waals surface area contributed by atoms with Gasteiger partial charge >= 0.3 is 0 Å². The van der Waals surface area contributed by atoms with E-state index >= 15 is 0 Å². The van der Waals surface area contributed by atoms with E-state index < -0.39 is 0 Å². The largest absolute Gasteiger partial charge is 0.497 e. The Morgan fingerprint density at radius 2 is 1.82 bits per heavy atom. The van der Waals surface area contributed by atoms with Crippen LogP contribution in [0, 0.1) is 6.92 Å². The van der Waals surface area contributed by atoms with Crippen LogP contribution in [0.25, 0.3) is 0 Å². The molecule has 0 spiro atoms. The van der Waals surface area contributed by atoms with Gasteiger partial charge in [-0.3, -0.25) is 4.79 Å². The lowest BCUT2D eigenvalue weighted by atomic mass is 9.93. The molecule has 5 nitrogen and oxygen atoms in total. The Morgan fingerprint density at radius 3 is 2.55 bits per heavy atom. The summed E-state index contributed by atoms with van der Waals surface area (Å²) in [6, 6.07) is 18.5. The van der Waals surface area contributed by atoms with Crippen LogP contribution in [-0.4, -0.2) is 35.6 Å². The average Bonchev–Trinajstić information content (AvgIpc) is 3.28. The van der Waals surface area contributed by atoms with E-state index in [0.717, 1.165) is 25.1 Å². The molecule has 1 fully saturated rings. The Labute approximate surface area is 196 Å². The minimum Gasteiger partial charge on any atom is -0.497 e. The molecule has 0 N–H and O–H groups in total. The molecule has 0 bridgehead atoms. The van der Waals surface area contributed by atoms with Gasteiger partial charge < -0.3 is 18.9 Å². The molecular formula is C28H34N2O3. The van der Waals surface area contributed by atoms with Gasteiger partial charge in [-0.25, -0.2) is 0 Å². The Hall–Kier alpha value is -3.21. The summed E-state index contributed by atoms with van der Waals surface area (Å²) in [6.45, 7) is 3.49. The lowest BCUT2D eigenvalue weighted by molar-refractivity contribution is 0.0605. The molecule has 1 aromatic heterocycles. The first-order valence-electron chi connectivity index (χ1n) is 11.8. The number of ether oxygens (including phenoxy) is 2. The first-order chi connectivity index (χ1) is 16.1. The van der Waals surface area contributed by atoms with E-state index in [-0.39, 0.29) is 11.9 Å². The number of hydrogen-bond donors (Lipinski definition) is 0. The van der Waals surface area contributed by atoms with Crippen LogP contribution in [0.3, 0.4) is 0 Å². The smallest absolute Gasteiger partial charge is 0.258 e.